The van der Waals surface area contributed by atoms with Gasteiger partial charge in [0.05, 0.1) is 18.5 Å². The Morgan fingerprint density at radius 1 is 1.02 bits per heavy atom. The standard InChI is InChI=1S/C39H48N6O12/c1-39(2,3)57-38(52)42-27-20-28(41-21-27)23-56-32-14-11-26(19-31(32)45(53)54)37(51)43(4)30(36(50)40-17-16-35(49)55-5)13-15-33(46)44(22-34(47)48)29-12-10-24-8-6-7-9-25(24)18-29/h6-12,14,18-19,27-28,30,41H,13,15-17,20-23H2,1-5H3,(H,40,50)(H,42,52)(H,47,48)/t27-,28+,30+/m1/s1. The molecule has 4 rings (SSSR count). The largest absolute Gasteiger partial charge is 0.485 e. The van der Waals surface area contributed by atoms with Crippen LogP contribution in [0.3, 0.4) is 0 Å². The zero-order valence-corrected chi connectivity index (χ0v) is 32.4. The van der Waals surface area contributed by atoms with Crippen LogP contribution in [-0.4, -0.2) is 115 Å². The van der Waals surface area contributed by atoms with Crippen LogP contribution in [0, 0.1) is 10.1 Å². The molecule has 0 aromatic heterocycles. The van der Waals surface area contributed by atoms with Crippen molar-refractivity contribution >= 4 is 57.9 Å². The molecule has 3 aromatic carbocycles. The van der Waals surface area contributed by atoms with E-state index in [0.29, 0.717) is 18.7 Å². The number of carboxylic acids is 1. The van der Waals surface area contributed by atoms with E-state index in [1.165, 1.54) is 26.3 Å². The molecule has 1 aliphatic rings. The van der Waals surface area contributed by atoms with Crippen molar-refractivity contribution in [3.05, 3.63) is 76.3 Å². The summed E-state index contributed by atoms with van der Waals surface area (Å²) >= 11 is 0. The van der Waals surface area contributed by atoms with Crippen LogP contribution in [-0.2, 0) is 28.7 Å². The van der Waals surface area contributed by atoms with Crippen molar-refractivity contribution in [2.24, 2.45) is 0 Å². The number of benzene rings is 3. The first-order valence-corrected chi connectivity index (χ1v) is 18.2. The fourth-order valence-corrected chi connectivity index (χ4v) is 6.19. The number of nitrogens with zero attached hydrogens (tertiary/aromatic N) is 3. The highest BCUT2D eigenvalue weighted by atomic mass is 16.6. The molecular weight excluding hydrogens is 744 g/mol. The molecule has 57 heavy (non-hydrogen) atoms. The quantitative estimate of drug-likeness (QED) is 0.0873. The summed E-state index contributed by atoms with van der Waals surface area (Å²) < 4.78 is 15.7. The van der Waals surface area contributed by atoms with Crippen LogP contribution in [0.15, 0.2) is 60.7 Å². The Balaban J connectivity index is 1.49. The Hall–Kier alpha value is -6.30. The number of fused-ring (bicyclic) bond motifs is 1. The molecule has 18 nitrogen and oxygen atoms in total. The average Bonchev–Trinajstić information content (AvgIpc) is 3.61. The highest BCUT2D eigenvalue weighted by Gasteiger charge is 2.32. The van der Waals surface area contributed by atoms with Gasteiger partial charge in [-0.3, -0.25) is 34.1 Å². The lowest BCUT2D eigenvalue weighted by molar-refractivity contribution is -0.385. The molecule has 0 radical (unpaired) electrons. The minimum atomic E-state index is -1.33. The van der Waals surface area contributed by atoms with Gasteiger partial charge in [-0.15, -0.1) is 0 Å². The van der Waals surface area contributed by atoms with E-state index in [-0.39, 0.29) is 55.8 Å². The van der Waals surface area contributed by atoms with Crippen molar-refractivity contribution in [3.8, 4) is 5.75 Å². The van der Waals surface area contributed by atoms with Crippen LogP contribution >= 0.6 is 0 Å². The lowest BCUT2D eigenvalue weighted by atomic mass is 10.1. The third-order valence-corrected chi connectivity index (χ3v) is 9.00. The van der Waals surface area contributed by atoms with Crippen LogP contribution in [0.25, 0.3) is 10.8 Å². The summed E-state index contributed by atoms with van der Waals surface area (Å²) in [5, 5.41) is 31.9. The van der Waals surface area contributed by atoms with Crippen LogP contribution in [0.5, 0.6) is 5.75 Å². The number of amides is 4. The van der Waals surface area contributed by atoms with Gasteiger partial charge in [-0.1, -0.05) is 30.3 Å². The van der Waals surface area contributed by atoms with Gasteiger partial charge in [0, 0.05) is 56.0 Å². The minimum absolute atomic E-state index is 0.0144. The first-order valence-electron chi connectivity index (χ1n) is 18.2. The summed E-state index contributed by atoms with van der Waals surface area (Å²) in [6, 6.07) is 14.1. The van der Waals surface area contributed by atoms with Crippen LogP contribution in [0.1, 0.15) is 56.8 Å². The third-order valence-electron chi connectivity index (χ3n) is 9.00. The first-order chi connectivity index (χ1) is 26.9. The normalized spacial score (nSPS) is 15.5. The average molecular weight is 793 g/mol. The summed E-state index contributed by atoms with van der Waals surface area (Å²) in [5.41, 5.74) is -1.01. The number of carboxylic acid groups (broad SMARTS) is 1. The Morgan fingerprint density at radius 2 is 1.74 bits per heavy atom. The summed E-state index contributed by atoms with van der Waals surface area (Å²) in [5.74, 6) is -4.14. The monoisotopic (exact) mass is 792 g/mol. The molecule has 306 valence electrons. The number of nitro groups is 1. The van der Waals surface area contributed by atoms with E-state index in [9.17, 15) is 44.0 Å². The summed E-state index contributed by atoms with van der Waals surface area (Å²) in [7, 11) is 2.48. The van der Waals surface area contributed by atoms with E-state index in [0.717, 1.165) is 26.6 Å². The second-order valence-electron chi connectivity index (χ2n) is 14.4. The number of ether oxygens (including phenoxy) is 3. The molecule has 4 N–H and O–H groups in total. The number of likely N-dealkylation sites (N-methyl/N-ethyl adjacent to an activating group) is 1. The van der Waals surface area contributed by atoms with Gasteiger partial charge in [-0.2, -0.15) is 0 Å². The number of rotatable bonds is 17. The van der Waals surface area contributed by atoms with Crippen molar-refractivity contribution in [2.75, 3.05) is 45.3 Å². The zero-order valence-electron chi connectivity index (χ0n) is 32.4. The van der Waals surface area contributed by atoms with Gasteiger partial charge in [0.1, 0.15) is 24.8 Å². The topological polar surface area (TPSA) is 236 Å². The number of aliphatic carboxylic acids is 1. The molecule has 0 saturated carbocycles. The maximum absolute atomic E-state index is 13.8. The van der Waals surface area contributed by atoms with Gasteiger partial charge in [0.15, 0.2) is 5.75 Å². The highest BCUT2D eigenvalue weighted by molar-refractivity contribution is 6.01. The van der Waals surface area contributed by atoms with Gasteiger partial charge < -0.3 is 45.1 Å². The van der Waals surface area contributed by atoms with E-state index in [2.05, 4.69) is 20.7 Å². The second kappa shape index (κ2) is 19.5. The summed E-state index contributed by atoms with van der Waals surface area (Å²) in [6.07, 6.45) is -0.911. The number of hydrogen-bond donors (Lipinski definition) is 4. The third kappa shape index (κ3) is 12.6. The Kier molecular flexibility index (Phi) is 14.9. The van der Waals surface area contributed by atoms with E-state index >= 15 is 0 Å². The number of methoxy groups -OCH3 is 1. The Labute approximate surface area is 328 Å². The number of nitrogens with one attached hydrogen (secondary N) is 3. The van der Waals surface area contributed by atoms with E-state index < -0.39 is 64.6 Å². The molecule has 4 amide bonds. The van der Waals surface area contributed by atoms with E-state index in [1.807, 2.05) is 18.2 Å². The smallest absolute Gasteiger partial charge is 0.407 e. The molecule has 0 spiro atoms. The van der Waals surface area contributed by atoms with E-state index in [4.69, 9.17) is 9.47 Å². The number of carbonyl (C=O) groups excluding carboxylic acids is 5. The first kappa shape index (κ1) is 43.4. The Morgan fingerprint density at radius 3 is 2.40 bits per heavy atom. The van der Waals surface area contributed by atoms with Crippen LogP contribution < -0.4 is 25.6 Å². The number of hydrogen-bond acceptors (Lipinski definition) is 12. The molecule has 0 unspecified atom stereocenters. The van der Waals surface area contributed by atoms with Gasteiger partial charge >= 0.3 is 23.7 Å². The molecule has 18 heteroatoms. The molecule has 1 saturated heterocycles. The molecule has 3 atom stereocenters. The molecule has 0 aliphatic carbocycles. The number of nitro benzene ring substituents is 1. The lowest BCUT2D eigenvalue weighted by Crippen LogP contribution is -2.49. The Bertz CT molecular complexity index is 1980. The molecular formula is C39H48N6O12. The molecule has 1 aliphatic heterocycles. The number of carbonyl (C=O) groups is 6. The number of anilines is 1. The summed E-state index contributed by atoms with van der Waals surface area (Å²) in [6.45, 7) is 4.88. The van der Waals surface area contributed by atoms with Crippen molar-refractivity contribution < 1.29 is 53.0 Å². The van der Waals surface area contributed by atoms with Crippen LogP contribution in [0.2, 0.25) is 0 Å². The molecule has 3 aromatic rings. The van der Waals surface area contributed by atoms with Crippen molar-refractivity contribution in [1.29, 1.82) is 0 Å². The zero-order chi connectivity index (χ0) is 41.9. The minimum Gasteiger partial charge on any atom is -0.485 e. The van der Waals surface area contributed by atoms with Crippen molar-refractivity contribution in [2.45, 2.75) is 70.2 Å². The molecule has 1 fully saturated rings. The predicted molar refractivity (Wildman–Crippen MR) is 207 cm³/mol. The molecule has 0 bridgehead atoms. The van der Waals surface area contributed by atoms with Gasteiger partial charge in [0.2, 0.25) is 11.8 Å². The lowest BCUT2D eigenvalue weighted by Gasteiger charge is -2.28. The molecule has 1 heterocycles. The maximum Gasteiger partial charge on any atom is 0.407 e. The maximum atomic E-state index is 13.8. The van der Waals surface area contributed by atoms with Crippen LogP contribution in [0.4, 0.5) is 16.2 Å². The number of alkyl carbamates (subject to hydrolysis) is 1. The van der Waals surface area contributed by atoms with Crippen molar-refractivity contribution in [3.63, 3.8) is 0 Å². The van der Waals surface area contributed by atoms with E-state index in [1.54, 1.807) is 45.0 Å². The second-order valence-corrected chi connectivity index (χ2v) is 14.4. The van der Waals surface area contributed by atoms with Gasteiger partial charge in [0.25, 0.3) is 5.91 Å². The fourth-order valence-electron chi connectivity index (χ4n) is 6.19. The number of esters is 1. The predicted octanol–water partition coefficient (Wildman–Crippen LogP) is 3.40. The van der Waals surface area contributed by atoms with Gasteiger partial charge in [-0.25, -0.2) is 4.79 Å². The summed E-state index contributed by atoms with van der Waals surface area (Å²) in [4.78, 5) is 90.2. The fraction of sp³-hybridized carbons (Fsp3) is 0.436. The van der Waals surface area contributed by atoms with Gasteiger partial charge in [-0.05, 0) is 68.7 Å². The van der Waals surface area contributed by atoms with Crippen molar-refractivity contribution in [1.82, 2.24) is 20.9 Å². The SMILES string of the molecule is COC(=O)CCNC(=O)[C@H](CCC(=O)N(CC(=O)O)c1ccc2ccccc2c1)N(C)C(=O)c1ccc(OC[C@@H]2C[C@@H](NC(=O)OC(C)(C)C)CN2)c([N+](=O)[O-])c1. The highest BCUT2D eigenvalue weighted by Crippen LogP contribution is 2.30.